The highest BCUT2D eigenvalue weighted by atomic mass is 32.2. The van der Waals surface area contributed by atoms with E-state index in [1.54, 1.807) is 12.1 Å². The van der Waals surface area contributed by atoms with Gasteiger partial charge in [-0.3, -0.25) is 4.98 Å². The van der Waals surface area contributed by atoms with E-state index >= 15 is 0 Å². The second kappa shape index (κ2) is 4.75. The van der Waals surface area contributed by atoms with Gasteiger partial charge in [0.25, 0.3) is 6.43 Å². The van der Waals surface area contributed by atoms with Crippen LogP contribution in [-0.4, -0.2) is 4.98 Å². The number of oxazole rings is 1. The summed E-state index contributed by atoms with van der Waals surface area (Å²) in [7, 11) is 0. The molecule has 0 aliphatic carbocycles. The minimum atomic E-state index is -2.76. The van der Waals surface area contributed by atoms with Crippen molar-refractivity contribution in [3.8, 4) is 0 Å². The van der Waals surface area contributed by atoms with Crippen molar-refractivity contribution < 1.29 is 13.2 Å². The van der Waals surface area contributed by atoms with Gasteiger partial charge in [0.2, 0.25) is 0 Å². The van der Waals surface area contributed by atoms with E-state index < -0.39 is 17.9 Å². The average molecular weight is 257 g/mol. The molecule has 0 unspecified atom stereocenters. The Morgan fingerprint density at radius 3 is 2.53 bits per heavy atom. The van der Waals surface area contributed by atoms with E-state index in [-0.39, 0.29) is 5.09 Å². The molecule has 0 saturated carbocycles. The Bertz CT molecular complexity index is 560. The highest BCUT2D eigenvalue weighted by Crippen LogP contribution is 2.33. The molecular formula is C11H9F2NO2S. The molecule has 0 fully saturated rings. The SMILES string of the molecule is Cc1ccc(Sc2oc(=O)[nH]c2C(F)F)cc1. The third-order valence-corrected chi connectivity index (χ3v) is 3.09. The smallest absolute Gasteiger partial charge is 0.400 e. The van der Waals surface area contributed by atoms with E-state index in [2.05, 4.69) is 4.42 Å². The monoisotopic (exact) mass is 257 g/mol. The van der Waals surface area contributed by atoms with Crippen molar-refractivity contribution in [2.24, 2.45) is 0 Å². The highest BCUT2D eigenvalue weighted by molar-refractivity contribution is 7.99. The van der Waals surface area contributed by atoms with E-state index in [4.69, 9.17) is 0 Å². The summed E-state index contributed by atoms with van der Waals surface area (Å²) >= 11 is 0.994. The maximum atomic E-state index is 12.6. The number of nitrogens with one attached hydrogen (secondary N) is 1. The quantitative estimate of drug-likeness (QED) is 0.917. The van der Waals surface area contributed by atoms with Crippen LogP contribution in [0.25, 0.3) is 0 Å². The zero-order valence-corrected chi connectivity index (χ0v) is 9.68. The standard InChI is InChI=1S/C11H9F2NO2S/c1-6-2-4-7(5-3-6)17-10-8(9(12)13)14-11(15)16-10/h2-5,9H,1H3,(H,14,15). The predicted octanol–water partition coefficient (Wildman–Crippen LogP) is 3.37. The van der Waals surface area contributed by atoms with Crippen LogP contribution in [0.4, 0.5) is 8.78 Å². The summed E-state index contributed by atoms with van der Waals surface area (Å²) in [4.78, 5) is 13.6. The molecule has 17 heavy (non-hydrogen) atoms. The number of hydrogen-bond acceptors (Lipinski definition) is 3. The van der Waals surface area contributed by atoms with Gasteiger partial charge < -0.3 is 4.42 Å². The molecule has 1 aromatic heterocycles. The van der Waals surface area contributed by atoms with Crippen molar-refractivity contribution in [2.45, 2.75) is 23.3 Å². The summed E-state index contributed by atoms with van der Waals surface area (Å²) in [6.07, 6.45) is -2.76. The molecule has 0 spiro atoms. The molecule has 0 amide bonds. The summed E-state index contributed by atoms with van der Waals surface area (Å²) in [5, 5.41) is -0.0890. The van der Waals surface area contributed by atoms with Gasteiger partial charge in [-0.1, -0.05) is 17.7 Å². The Kier molecular flexibility index (Phi) is 3.33. The number of aromatic nitrogens is 1. The number of aryl methyl sites for hydroxylation is 1. The van der Waals surface area contributed by atoms with Gasteiger partial charge in [-0.2, -0.15) is 0 Å². The van der Waals surface area contributed by atoms with Crippen molar-refractivity contribution >= 4 is 11.8 Å². The number of benzene rings is 1. The highest BCUT2D eigenvalue weighted by Gasteiger charge is 2.19. The number of aromatic amines is 1. The van der Waals surface area contributed by atoms with E-state index in [9.17, 15) is 13.6 Å². The van der Waals surface area contributed by atoms with Crippen molar-refractivity contribution in [3.63, 3.8) is 0 Å². The molecule has 1 aromatic carbocycles. The van der Waals surface area contributed by atoms with Crippen molar-refractivity contribution in [3.05, 3.63) is 46.1 Å². The summed E-state index contributed by atoms with van der Waals surface area (Å²) < 4.78 is 29.8. The maximum absolute atomic E-state index is 12.6. The third kappa shape index (κ3) is 2.76. The first kappa shape index (κ1) is 11.9. The fraction of sp³-hybridized carbons (Fsp3) is 0.182. The third-order valence-electron chi connectivity index (χ3n) is 2.09. The van der Waals surface area contributed by atoms with Crippen LogP contribution in [0, 0.1) is 6.92 Å². The van der Waals surface area contributed by atoms with Crippen LogP contribution in [-0.2, 0) is 0 Å². The molecule has 0 saturated heterocycles. The Hall–Kier alpha value is -1.56. The Balaban J connectivity index is 2.29. The van der Waals surface area contributed by atoms with Gasteiger partial charge in [-0.05, 0) is 30.8 Å². The van der Waals surface area contributed by atoms with Gasteiger partial charge in [-0.25, -0.2) is 13.6 Å². The van der Waals surface area contributed by atoms with E-state index in [0.29, 0.717) is 0 Å². The molecule has 1 heterocycles. The molecule has 2 rings (SSSR count). The van der Waals surface area contributed by atoms with Crippen LogP contribution in [0.15, 0.2) is 43.5 Å². The lowest BCUT2D eigenvalue weighted by Crippen LogP contribution is -1.96. The van der Waals surface area contributed by atoms with E-state index in [1.807, 2.05) is 24.0 Å². The van der Waals surface area contributed by atoms with Crippen LogP contribution < -0.4 is 5.76 Å². The minimum Gasteiger partial charge on any atom is -0.400 e. The largest absolute Gasteiger partial charge is 0.417 e. The van der Waals surface area contributed by atoms with Crippen LogP contribution in [0.5, 0.6) is 0 Å². The summed E-state index contributed by atoms with van der Waals surface area (Å²) in [6, 6.07) is 7.27. The summed E-state index contributed by atoms with van der Waals surface area (Å²) in [5.41, 5.74) is 0.597. The number of halogens is 2. The number of H-pyrrole nitrogens is 1. The predicted molar refractivity (Wildman–Crippen MR) is 59.6 cm³/mol. The second-order valence-corrected chi connectivity index (χ2v) is 4.48. The average Bonchev–Trinajstić information content (AvgIpc) is 2.63. The number of alkyl halides is 2. The van der Waals surface area contributed by atoms with Crippen molar-refractivity contribution in [1.29, 1.82) is 0 Å². The molecule has 0 atom stereocenters. The zero-order valence-electron chi connectivity index (χ0n) is 8.87. The fourth-order valence-corrected chi connectivity index (χ4v) is 2.11. The first-order valence-electron chi connectivity index (χ1n) is 4.82. The van der Waals surface area contributed by atoms with E-state index in [0.717, 1.165) is 22.2 Å². The molecule has 1 N–H and O–H groups in total. The molecule has 6 heteroatoms. The Labute approximate surface area is 99.8 Å². The van der Waals surface area contributed by atoms with Gasteiger partial charge in [0.15, 0.2) is 5.09 Å². The van der Waals surface area contributed by atoms with E-state index in [1.165, 1.54) is 0 Å². The zero-order chi connectivity index (χ0) is 12.4. The maximum Gasteiger partial charge on any atom is 0.417 e. The second-order valence-electron chi connectivity index (χ2n) is 3.43. The first-order chi connectivity index (χ1) is 8.06. The summed E-state index contributed by atoms with van der Waals surface area (Å²) in [5.74, 6) is -0.866. The molecule has 0 radical (unpaired) electrons. The van der Waals surface area contributed by atoms with Crippen molar-refractivity contribution in [1.82, 2.24) is 4.98 Å². The number of rotatable bonds is 3. The minimum absolute atomic E-state index is 0.0890. The Morgan fingerprint density at radius 1 is 1.29 bits per heavy atom. The fourth-order valence-electron chi connectivity index (χ4n) is 1.26. The molecule has 90 valence electrons. The van der Waals surface area contributed by atoms with Crippen molar-refractivity contribution in [2.75, 3.05) is 0 Å². The normalized spacial score (nSPS) is 11.1. The molecule has 2 aromatic rings. The Morgan fingerprint density at radius 2 is 1.94 bits per heavy atom. The lowest BCUT2D eigenvalue weighted by atomic mass is 10.2. The molecule has 0 aliphatic rings. The molecular weight excluding hydrogens is 248 g/mol. The molecule has 0 bridgehead atoms. The van der Waals surface area contributed by atoms with Crippen LogP contribution in [0.2, 0.25) is 0 Å². The topological polar surface area (TPSA) is 46.0 Å². The van der Waals surface area contributed by atoms with Gasteiger partial charge in [-0.15, -0.1) is 0 Å². The number of hydrogen-bond donors (Lipinski definition) is 1. The molecule has 3 nitrogen and oxygen atoms in total. The van der Waals surface area contributed by atoms with Gasteiger partial charge in [0, 0.05) is 4.90 Å². The van der Waals surface area contributed by atoms with Crippen LogP contribution in [0.3, 0.4) is 0 Å². The summed E-state index contributed by atoms with van der Waals surface area (Å²) in [6.45, 7) is 1.93. The van der Waals surface area contributed by atoms with Gasteiger partial charge in [0.05, 0.1) is 0 Å². The molecule has 0 aliphatic heterocycles. The van der Waals surface area contributed by atoms with Crippen LogP contribution in [0.1, 0.15) is 17.7 Å². The first-order valence-corrected chi connectivity index (χ1v) is 5.63. The van der Waals surface area contributed by atoms with Gasteiger partial charge in [0.1, 0.15) is 5.69 Å². The van der Waals surface area contributed by atoms with Crippen LogP contribution >= 0.6 is 11.8 Å². The van der Waals surface area contributed by atoms with Gasteiger partial charge >= 0.3 is 5.76 Å². The lowest BCUT2D eigenvalue weighted by molar-refractivity contribution is 0.141. The lowest BCUT2D eigenvalue weighted by Gasteiger charge is -2.00.